The summed E-state index contributed by atoms with van der Waals surface area (Å²) in [6, 6.07) is 7.42. The molecule has 3 aromatic rings. The minimum Gasteiger partial charge on any atom is -0.497 e. The number of hydrogen-bond donors (Lipinski definition) is 0. The number of hydrogen-bond acceptors (Lipinski definition) is 7. The van der Waals surface area contributed by atoms with E-state index >= 15 is 0 Å². The molecule has 1 saturated heterocycles. The summed E-state index contributed by atoms with van der Waals surface area (Å²) in [5.74, 6) is 1.18. The van der Waals surface area contributed by atoms with Gasteiger partial charge in [-0.25, -0.2) is 4.98 Å². The van der Waals surface area contributed by atoms with Gasteiger partial charge < -0.3 is 14.4 Å². The van der Waals surface area contributed by atoms with Crippen LogP contribution in [0.2, 0.25) is 0 Å². The van der Waals surface area contributed by atoms with Crippen LogP contribution in [0.25, 0.3) is 15.9 Å². The van der Waals surface area contributed by atoms with E-state index in [1.165, 1.54) is 29.5 Å². The van der Waals surface area contributed by atoms with Crippen LogP contribution in [0.3, 0.4) is 0 Å². The van der Waals surface area contributed by atoms with Crippen molar-refractivity contribution < 1.29 is 14.3 Å². The molecule has 0 saturated carbocycles. The molecule has 2 aromatic heterocycles. The van der Waals surface area contributed by atoms with E-state index in [9.17, 15) is 9.59 Å². The Labute approximate surface area is 219 Å². The first-order chi connectivity index (χ1) is 17.4. The van der Waals surface area contributed by atoms with Crippen LogP contribution in [0.1, 0.15) is 50.5 Å². The second kappa shape index (κ2) is 10.6. The van der Waals surface area contributed by atoms with Crippen LogP contribution in [-0.4, -0.2) is 51.9 Å². The van der Waals surface area contributed by atoms with E-state index in [2.05, 4.69) is 13.8 Å². The van der Waals surface area contributed by atoms with Crippen molar-refractivity contribution in [3.63, 3.8) is 0 Å². The van der Waals surface area contributed by atoms with Gasteiger partial charge in [-0.05, 0) is 61.9 Å². The monoisotopic (exact) mass is 527 g/mol. The van der Waals surface area contributed by atoms with E-state index in [1.807, 2.05) is 36.1 Å². The third-order valence-electron chi connectivity index (χ3n) is 7.08. The Morgan fingerprint density at radius 1 is 1.17 bits per heavy atom. The smallest absolute Gasteiger partial charge is 0.267 e. The third kappa shape index (κ3) is 4.80. The van der Waals surface area contributed by atoms with Crippen LogP contribution in [0, 0.1) is 5.92 Å². The number of carbonyl (C=O) groups is 1. The van der Waals surface area contributed by atoms with Crippen molar-refractivity contribution in [1.82, 2.24) is 14.5 Å². The van der Waals surface area contributed by atoms with Crippen LogP contribution in [0.4, 0.5) is 0 Å². The van der Waals surface area contributed by atoms with Crippen LogP contribution < -0.4 is 10.3 Å². The quantitative estimate of drug-likeness (QED) is 0.330. The Bertz CT molecular complexity index is 1310. The lowest BCUT2D eigenvalue weighted by Crippen LogP contribution is -2.40. The number of aromatic nitrogens is 2. The van der Waals surface area contributed by atoms with E-state index in [0.717, 1.165) is 41.2 Å². The fourth-order valence-corrected chi connectivity index (χ4v) is 7.13. The summed E-state index contributed by atoms with van der Waals surface area (Å²) in [6.07, 6.45) is 4.06. The van der Waals surface area contributed by atoms with Crippen LogP contribution in [0.15, 0.2) is 34.2 Å². The van der Waals surface area contributed by atoms with E-state index < -0.39 is 0 Å². The first-order valence-corrected chi connectivity index (χ1v) is 14.4. The van der Waals surface area contributed by atoms with Crippen molar-refractivity contribution in [2.24, 2.45) is 5.92 Å². The maximum Gasteiger partial charge on any atom is 0.267 e. The number of methoxy groups -OCH3 is 1. The van der Waals surface area contributed by atoms with Crippen molar-refractivity contribution in [2.75, 3.05) is 20.2 Å². The number of piperidine rings is 1. The number of rotatable bonds is 6. The molecule has 36 heavy (non-hydrogen) atoms. The average Bonchev–Trinajstić information content (AvgIpc) is 3.26. The SMILES string of the molecule is COc1ccc(-n2c(S[C@@H](C)C(=O)N3CCCCC3)nc3sc4c(c3c2=O)C[C@H](C(C)C)OC4)cc1. The Balaban J connectivity index is 1.60. The molecule has 0 aliphatic carbocycles. The first kappa shape index (κ1) is 25.3. The molecule has 2 aliphatic heterocycles. The molecule has 2 atom stereocenters. The highest BCUT2D eigenvalue weighted by Crippen LogP contribution is 2.37. The van der Waals surface area contributed by atoms with Crippen LogP contribution in [0.5, 0.6) is 5.75 Å². The summed E-state index contributed by atoms with van der Waals surface area (Å²) in [7, 11) is 1.62. The number of likely N-dealkylation sites (tertiary alicyclic amines) is 1. The number of amides is 1. The van der Waals surface area contributed by atoms with Gasteiger partial charge >= 0.3 is 0 Å². The fourth-order valence-electron chi connectivity index (χ4n) is 4.95. The average molecular weight is 528 g/mol. The van der Waals surface area contributed by atoms with Crippen molar-refractivity contribution in [1.29, 1.82) is 0 Å². The lowest BCUT2D eigenvalue weighted by molar-refractivity contribution is -0.131. The number of ether oxygens (including phenoxy) is 2. The highest BCUT2D eigenvalue weighted by Gasteiger charge is 2.30. The third-order valence-corrected chi connectivity index (χ3v) is 9.22. The highest BCUT2D eigenvalue weighted by atomic mass is 32.2. The Morgan fingerprint density at radius 3 is 2.56 bits per heavy atom. The predicted octanol–water partition coefficient (Wildman–Crippen LogP) is 5.05. The van der Waals surface area contributed by atoms with Gasteiger partial charge in [-0.3, -0.25) is 14.2 Å². The summed E-state index contributed by atoms with van der Waals surface area (Å²) in [4.78, 5) is 36.0. The zero-order valence-electron chi connectivity index (χ0n) is 21.3. The van der Waals surface area contributed by atoms with Crippen molar-refractivity contribution in [3.8, 4) is 11.4 Å². The molecule has 9 heteroatoms. The number of thiophene rings is 1. The second-order valence-corrected chi connectivity index (χ2v) is 12.3. The maximum absolute atomic E-state index is 14.1. The van der Waals surface area contributed by atoms with Gasteiger partial charge in [-0.2, -0.15) is 0 Å². The van der Waals surface area contributed by atoms with Crippen molar-refractivity contribution >= 4 is 39.2 Å². The molecule has 0 radical (unpaired) electrons. The minimum atomic E-state index is -0.347. The molecular weight excluding hydrogens is 494 g/mol. The second-order valence-electron chi connectivity index (χ2n) is 9.86. The standard InChI is InChI=1S/C27H33N3O4S2/c1-16(2)21-14-20-22(15-34-21)36-24-23(20)26(32)30(18-8-10-19(33-4)11-9-18)27(28-24)35-17(3)25(31)29-12-6-5-7-13-29/h8-11,16-17,21H,5-7,12-15H2,1-4H3/t17-,21+/m0/s1. The molecule has 1 fully saturated rings. The van der Waals surface area contributed by atoms with E-state index in [-0.39, 0.29) is 22.8 Å². The van der Waals surface area contributed by atoms with Gasteiger partial charge in [-0.15, -0.1) is 11.3 Å². The molecule has 2 aliphatic rings. The highest BCUT2D eigenvalue weighted by molar-refractivity contribution is 8.00. The zero-order valence-corrected chi connectivity index (χ0v) is 22.9. The molecule has 1 amide bonds. The number of thioether (sulfide) groups is 1. The van der Waals surface area contributed by atoms with E-state index in [0.29, 0.717) is 40.9 Å². The van der Waals surface area contributed by atoms with E-state index in [4.69, 9.17) is 14.5 Å². The molecular formula is C27H33N3O4S2. The largest absolute Gasteiger partial charge is 0.497 e. The maximum atomic E-state index is 14.1. The predicted molar refractivity (Wildman–Crippen MR) is 145 cm³/mol. The summed E-state index contributed by atoms with van der Waals surface area (Å²) in [5.41, 5.74) is 1.68. The van der Waals surface area contributed by atoms with Gasteiger partial charge in [-0.1, -0.05) is 25.6 Å². The van der Waals surface area contributed by atoms with Gasteiger partial charge in [0.05, 0.1) is 36.1 Å². The molecule has 4 heterocycles. The Morgan fingerprint density at radius 2 is 1.89 bits per heavy atom. The van der Waals surface area contributed by atoms with Gasteiger partial charge in [0.25, 0.3) is 5.56 Å². The lowest BCUT2D eigenvalue weighted by atomic mass is 9.96. The van der Waals surface area contributed by atoms with Gasteiger partial charge in [0.2, 0.25) is 5.91 Å². The number of carbonyl (C=O) groups excluding carboxylic acids is 1. The van der Waals surface area contributed by atoms with Crippen LogP contribution >= 0.6 is 23.1 Å². The Kier molecular flexibility index (Phi) is 7.42. The normalized spacial score (nSPS) is 18.9. The van der Waals surface area contributed by atoms with Gasteiger partial charge in [0.1, 0.15) is 10.6 Å². The molecule has 192 valence electrons. The number of fused-ring (bicyclic) bond motifs is 3. The summed E-state index contributed by atoms with van der Waals surface area (Å²) >= 11 is 2.90. The zero-order chi connectivity index (χ0) is 25.4. The molecule has 1 aromatic carbocycles. The van der Waals surface area contributed by atoms with E-state index in [1.54, 1.807) is 11.7 Å². The molecule has 0 bridgehead atoms. The lowest BCUT2D eigenvalue weighted by Gasteiger charge is -2.29. The summed E-state index contributed by atoms with van der Waals surface area (Å²) in [6.45, 7) is 8.32. The summed E-state index contributed by atoms with van der Waals surface area (Å²) < 4.78 is 13.1. The summed E-state index contributed by atoms with van der Waals surface area (Å²) in [5, 5.41) is 0.870. The first-order valence-electron chi connectivity index (χ1n) is 12.7. The Hall–Kier alpha value is -2.36. The molecule has 0 spiro atoms. The molecule has 7 nitrogen and oxygen atoms in total. The number of nitrogens with zero attached hydrogens (tertiary/aromatic N) is 3. The van der Waals surface area contributed by atoms with Gasteiger partial charge in [0, 0.05) is 24.4 Å². The van der Waals surface area contributed by atoms with Gasteiger partial charge in [0.15, 0.2) is 5.16 Å². The van der Waals surface area contributed by atoms with Crippen molar-refractivity contribution in [2.45, 2.75) is 69.6 Å². The molecule has 0 unspecified atom stereocenters. The fraction of sp³-hybridized carbons (Fsp3) is 0.519. The molecule has 5 rings (SSSR count). The van der Waals surface area contributed by atoms with Crippen molar-refractivity contribution in [3.05, 3.63) is 45.1 Å². The minimum absolute atomic E-state index is 0.0837. The number of benzene rings is 1. The topological polar surface area (TPSA) is 73.7 Å². The van der Waals surface area contributed by atoms with Crippen LogP contribution in [-0.2, 0) is 22.6 Å². The molecule has 0 N–H and O–H groups in total.